The molecule has 0 radical (unpaired) electrons. The largest absolute Gasteiger partial charge is 0.356 e. The number of likely N-dealkylation sites (tertiary alicyclic amines) is 1. The summed E-state index contributed by atoms with van der Waals surface area (Å²) in [5.74, 6) is 1.63. The third-order valence-electron chi connectivity index (χ3n) is 5.15. The first-order valence-corrected chi connectivity index (χ1v) is 9.14. The lowest BCUT2D eigenvalue weighted by Gasteiger charge is -2.21. The highest BCUT2D eigenvalue weighted by atomic mass is 127. The van der Waals surface area contributed by atoms with Crippen LogP contribution in [0.15, 0.2) is 47.5 Å². The number of aliphatic imine (C=N–C) groups is 1. The summed E-state index contributed by atoms with van der Waals surface area (Å²) in [6, 6.07) is 11.9. The summed E-state index contributed by atoms with van der Waals surface area (Å²) < 4.78 is 0. The highest BCUT2D eigenvalue weighted by molar-refractivity contribution is 14.0. The van der Waals surface area contributed by atoms with Crippen LogP contribution in [-0.4, -0.2) is 43.1 Å². The van der Waals surface area contributed by atoms with Gasteiger partial charge in [0.1, 0.15) is 0 Å². The van der Waals surface area contributed by atoms with Gasteiger partial charge in [0.2, 0.25) is 0 Å². The van der Waals surface area contributed by atoms with Gasteiger partial charge in [0.15, 0.2) is 5.96 Å². The zero-order valence-corrected chi connectivity index (χ0v) is 17.6. The van der Waals surface area contributed by atoms with E-state index in [0.29, 0.717) is 18.0 Å². The molecule has 0 amide bonds. The van der Waals surface area contributed by atoms with E-state index >= 15 is 0 Å². The standard InChI is InChI=1S/C20H30N4.HI/c1-16-12-18(15-24(16)14-17-8-4-3-5-9-17)13-22-20(21-2)23-19-10-6-7-11-19;/h3-9,16,18-19H,10-15H2,1-2H3,(H2,21,22,23);1H. The number of nitrogens with zero attached hydrogens (tertiary/aromatic N) is 2. The average Bonchev–Trinajstić information content (AvgIpc) is 3.23. The fraction of sp³-hybridized carbons (Fsp3) is 0.550. The molecular formula is C20H31IN4. The molecule has 1 fully saturated rings. The summed E-state index contributed by atoms with van der Waals surface area (Å²) in [6.45, 7) is 5.56. The van der Waals surface area contributed by atoms with Gasteiger partial charge in [-0.25, -0.2) is 0 Å². The van der Waals surface area contributed by atoms with E-state index in [1.807, 2.05) is 7.05 Å². The van der Waals surface area contributed by atoms with Gasteiger partial charge in [-0.1, -0.05) is 42.5 Å². The van der Waals surface area contributed by atoms with Crippen molar-refractivity contribution in [3.63, 3.8) is 0 Å². The van der Waals surface area contributed by atoms with E-state index in [1.54, 1.807) is 0 Å². The van der Waals surface area contributed by atoms with Gasteiger partial charge in [-0.3, -0.25) is 9.89 Å². The zero-order chi connectivity index (χ0) is 16.8. The second-order valence-electron chi connectivity index (χ2n) is 7.10. The van der Waals surface area contributed by atoms with Crippen LogP contribution < -0.4 is 10.6 Å². The van der Waals surface area contributed by atoms with Crippen LogP contribution in [0.4, 0.5) is 0 Å². The van der Waals surface area contributed by atoms with Crippen LogP contribution >= 0.6 is 24.0 Å². The minimum absolute atomic E-state index is 0. The van der Waals surface area contributed by atoms with E-state index in [2.05, 4.69) is 69.9 Å². The van der Waals surface area contributed by atoms with Gasteiger partial charge in [-0.05, 0) is 37.7 Å². The molecule has 1 aliphatic heterocycles. The number of hydrogen-bond acceptors (Lipinski definition) is 2. The van der Waals surface area contributed by atoms with Crippen LogP contribution in [0.1, 0.15) is 31.7 Å². The monoisotopic (exact) mass is 454 g/mol. The van der Waals surface area contributed by atoms with Gasteiger partial charge in [-0.15, -0.1) is 24.0 Å². The van der Waals surface area contributed by atoms with E-state index < -0.39 is 0 Å². The van der Waals surface area contributed by atoms with Gasteiger partial charge in [0.25, 0.3) is 0 Å². The van der Waals surface area contributed by atoms with Gasteiger partial charge in [0, 0.05) is 38.8 Å². The van der Waals surface area contributed by atoms with Crippen molar-refractivity contribution in [2.45, 2.75) is 44.8 Å². The Morgan fingerprint density at radius 2 is 1.92 bits per heavy atom. The van der Waals surface area contributed by atoms with E-state index in [0.717, 1.165) is 38.4 Å². The number of nitrogens with one attached hydrogen (secondary N) is 2. The third-order valence-corrected chi connectivity index (χ3v) is 5.15. The van der Waals surface area contributed by atoms with Crippen LogP contribution in [0.3, 0.4) is 0 Å². The Balaban J connectivity index is 0.00000225. The predicted octanol–water partition coefficient (Wildman–Crippen LogP) is 3.40. The summed E-state index contributed by atoms with van der Waals surface area (Å²) >= 11 is 0. The second-order valence-corrected chi connectivity index (χ2v) is 7.10. The Bertz CT molecular complexity index is 564. The van der Waals surface area contributed by atoms with Crippen molar-refractivity contribution in [3.05, 3.63) is 48.0 Å². The van der Waals surface area contributed by atoms with Crippen LogP contribution in [0.25, 0.3) is 0 Å². The molecule has 4 nitrogen and oxygen atoms in total. The molecule has 1 saturated heterocycles. The molecule has 138 valence electrons. The van der Waals surface area contributed by atoms with Gasteiger partial charge >= 0.3 is 0 Å². The normalized spacial score (nSPS) is 24.3. The van der Waals surface area contributed by atoms with Crippen molar-refractivity contribution >= 4 is 29.9 Å². The Morgan fingerprint density at radius 3 is 2.60 bits per heavy atom. The maximum absolute atomic E-state index is 4.37. The third kappa shape index (κ3) is 5.99. The van der Waals surface area contributed by atoms with Gasteiger partial charge < -0.3 is 10.6 Å². The minimum Gasteiger partial charge on any atom is -0.356 e. The lowest BCUT2D eigenvalue weighted by Crippen LogP contribution is -2.44. The molecule has 25 heavy (non-hydrogen) atoms. The number of rotatable bonds is 5. The summed E-state index contributed by atoms with van der Waals surface area (Å²) in [5, 5.41) is 7.04. The molecule has 0 bridgehead atoms. The fourth-order valence-corrected chi connectivity index (χ4v) is 3.77. The van der Waals surface area contributed by atoms with Crippen LogP contribution in [-0.2, 0) is 6.54 Å². The Kier molecular flexibility index (Phi) is 8.22. The van der Waals surface area contributed by atoms with Crippen LogP contribution in [0.5, 0.6) is 0 Å². The highest BCUT2D eigenvalue weighted by Gasteiger charge is 2.29. The first kappa shape index (κ1) is 20.2. The molecule has 1 heterocycles. The van der Waals surface area contributed by atoms with Crippen molar-refractivity contribution in [1.29, 1.82) is 0 Å². The summed E-state index contributed by atoms with van der Waals surface area (Å²) in [5.41, 5.74) is 1.41. The summed E-state index contributed by atoms with van der Waals surface area (Å²) in [7, 11) is 1.86. The smallest absolute Gasteiger partial charge is 0.191 e. The molecule has 2 unspecified atom stereocenters. The lowest BCUT2D eigenvalue weighted by molar-refractivity contribution is 0.255. The van der Waals surface area contributed by atoms with E-state index in [9.17, 15) is 0 Å². The molecule has 1 aliphatic carbocycles. The summed E-state index contributed by atoms with van der Waals surface area (Å²) in [6.07, 6.45) is 7.94. The van der Waals surface area contributed by atoms with Crippen LogP contribution in [0, 0.1) is 5.92 Å². The van der Waals surface area contributed by atoms with Gasteiger partial charge in [-0.2, -0.15) is 0 Å². The number of halogens is 1. The first-order valence-electron chi connectivity index (χ1n) is 9.14. The fourth-order valence-electron chi connectivity index (χ4n) is 3.77. The SMILES string of the molecule is CN=C(NCC1CC(C)N(Cc2ccccc2)C1)NC1CC=CC1.I. The minimum atomic E-state index is 0. The van der Waals surface area contributed by atoms with E-state index in [4.69, 9.17) is 0 Å². The van der Waals surface area contributed by atoms with Crippen molar-refractivity contribution in [2.24, 2.45) is 10.9 Å². The first-order chi connectivity index (χ1) is 11.7. The second kappa shape index (κ2) is 10.2. The molecule has 1 aromatic carbocycles. The molecule has 0 spiro atoms. The lowest BCUT2D eigenvalue weighted by atomic mass is 10.1. The Morgan fingerprint density at radius 1 is 1.20 bits per heavy atom. The Labute approximate surface area is 169 Å². The molecule has 3 rings (SSSR count). The molecule has 2 N–H and O–H groups in total. The predicted molar refractivity (Wildman–Crippen MR) is 116 cm³/mol. The van der Waals surface area contributed by atoms with Crippen molar-refractivity contribution in [3.8, 4) is 0 Å². The molecule has 1 aromatic rings. The summed E-state index contributed by atoms with van der Waals surface area (Å²) in [4.78, 5) is 6.97. The highest BCUT2D eigenvalue weighted by Crippen LogP contribution is 2.24. The number of benzene rings is 1. The topological polar surface area (TPSA) is 39.7 Å². The van der Waals surface area contributed by atoms with Crippen LogP contribution in [0.2, 0.25) is 0 Å². The molecule has 2 aliphatic rings. The number of hydrogen-bond donors (Lipinski definition) is 2. The molecule has 0 aromatic heterocycles. The van der Waals surface area contributed by atoms with Gasteiger partial charge in [0.05, 0.1) is 0 Å². The number of guanidine groups is 1. The zero-order valence-electron chi connectivity index (χ0n) is 15.3. The van der Waals surface area contributed by atoms with E-state index in [1.165, 1.54) is 12.0 Å². The average molecular weight is 454 g/mol. The molecular weight excluding hydrogens is 423 g/mol. The van der Waals surface area contributed by atoms with Crippen molar-refractivity contribution in [1.82, 2.24) is 15.5 Å². The Hall–Kier alpha value is -1.08. The quantitative estimate of drug-likeness (QED) is 0.310. The molecule has 0 saturated carbocycles. The van der Waals surface area contributed by atoms with E-state index in [-0.39, 0.29) is 24.0 Å². The molecule has 5 heteroatoms. The maximum atomic E-state index is 4.37. The molecule has 2 atom stereocenters. The van der Waals surface area contributed by atoms with Crippen molar-refractivity contribution < 1.29 is 0 Å². The van der Waals surface area contributed by atoms with Crippen molar-refractivity contribution in [2.75, 3.05) is 20.1 Å². The maximum Gasteiger partial charge on any atom is 0.191 e.